The highest BCUT2D eigenvalue weighted by atomic mass is 15.2. The van der Waals surface area contributed by atoms with Gasteiger partial charge in [0.2, 0.25) is 0 Å². The van der Waals surface area contributed by atoms with Crippen molar-refractivity contribution in [2.24, 2.45) is 5.92 Å². The summed E-state index contributed by atoms with van der Waals surface area (Å²) in [5.74, 6) is 0.823. The third-order valence-corrected chi connectivity index (χ3v) is 3.46. The normalized spacial score (nSPS) is 27.1. The van der Waals surface area contributed by atoms with E-state index < -0.39 is 0 Å². The maximum atomic E-state index is 4.23. The van der Waals surface area contributed by atoms with Crippen molar-refractivity contribution in [2.75, 3.05) is 13.6 Å². The molecule has 1 aromatic heterocycles. The van der Waals surface area contributed by atoms with Crippen molar-refractivity contribution in [3.8, 4) is 0 Å². The van der Waals surface area contributed by atoms with Crippen LogP contribution in [0, 0.1) is 5.92 Å². The largest absolute Gasteiger partial charge is 0.299 e. The molecule has 1 aliphatic rings. The number of aromatic nitrogens is 1. The molecule has 1 saturated heterocycles. The fourth-order valence-electron chi connectivity index (χ4n) is 2.78. The third kappa shape index (κ3) is 2.20. The smallest absolute Gasteiger partial charge is 0.0388 e. The van der Waals surface area contributed by atoms with Crippen LogP contribution in [-0.2, 0) is 0 Å². The van der Waals surface area contributed by atoms with Gasteiger partial charge in [-0.1, -0.05) is 19.4 Å². The fourth-order valence-corrected chi connectivity index (χ4v) is 2.78. The number of nitrogens with zero attached hydrogens (tertiary/aromatic N) is 2. The van der Waals surface area contributed by atoms with E-state index in [1.807, 2.05) is 18.5 Å². The molecule has 2 heterocycles. The molecule has 0 saturated carbocycles. The number of hydrogen-bond donors (Lipinski definition) is 0. The first kappa shape index (κ1) is 10.6. The number of pyridine rings is 1. The minimum atomic E-state index is 0.596. The maximum absolute atomic E-state index is 4.23. The van der Waals surface area contributed by atoms with Gasteiger partial charge in [0, 0.05) is 18.4 Å². The van der Waals surface area contributed by atoms with Gasteiger partial charge in [0.05, 0.1) is 0 Å². The van der Waals surface area contributed by atoms with Gasteiger partial charge in [-0.15, -0.1) is 0 Å². The number of likely N-dealkylation sites (tertiary alicyclic amines) is 1. The Balaban J connectivity index is 2.17. The second-order valence-corrected chi connectivity index (χ2v) is 4.55. The van der Waals surface area contributed by atoms with Gasteiger partial charge in [-0.3, -0.25) is 9.88 Å². The first-order chi connectivity index (χ1) is 7.33. The first-order valence-corrected chi connectivity index (χ1v) is 5.93. The second kappa shape index (κ2) is 4.75. The summed E-state index contributed by atoms with van der Waals surface area (Å²) in [5, 5.41) is 0. The van der Waals surface area contributed by atoms with Gasteiger partial charge in [0.1, 0.15) is 0 Å². The van der Waals surface area contributed by atoms with Crippen molar-refractivity contribution in [1.82, 2.24) is 9.88 Å². The van der Waals surface area contributed by atoms with Crippen molar-refractivity contribution < 1.29 is 0 Å². The van der Waals surface area contributed by atoms with E-state index in [9.17, 15) is 0 Å². The predicted octanol–water partition coefficient (Wildman–Crippen LogP) is 2.87. The standard InChI is InChI=1S/C13H20N2/c1-3-5-11-7-9-15(2)13(11)12-6-4-8-14-10-12/h4,6,8,10-11,13H,3,5,7,9H2,1-2H3/t11-,13-/m1/s1. The van der Waals surface area contributed by atoms with Gasteiger partial charge in [-0.25, -0.2) is 0 Å². The van der Waals surface area contributed by atoms with E-state index in [4.69, 9.17) is 0 Å². The lowest BCUT2D eigenvalue weighted by Gasteiger charge is -2.24. The van der Waals surface area contributed by atoms with E-state index in [0.717, 1.165) is 5.92 Å². The third-order valence-electron chi connectivity index (χ3n) is 3.46. The molecule has 0 aromatic carbocycles. The van der Waals surface area contributed by atoms with Gasteiger partial charge >= 0.3 is 0 Å². The summed E-state index contributed by atoms with van der Waals surface area (Å²) in [6, 6.07) is 4.85. The van der Waals surface area contributed by atoms with Crippen LogP contribution in [-0.4, -0.2) is 23.5 Å². The molecule has 0 radical (unpaired) electrons. The molecule has 1 fully saturated rings. The molecule has 82 valence electrons. The van der Waals surface area contributed by atoms with Crippen molar-refractivity contribution in [3.05, 3.63) is 30.1 Å². The van der Waals surface area contributed by atoms with Crippen LogP contribution < -0.4 is 0 Å². The van der Waals surface area contributed by atoms with Crippen molar-refractivity contribution in [2.45, 2.75) is 32.2 Å². The highest BCUT2D eigenvalue weighted by Gasteiger charge is 2.31. The Bertz CT molecular complexity index is 295. The number of hydrogen-bond acceptors (Lipinski definition) is 2. The summed E-state index contributed by atoms with van der Waals surface area (Å²) in [7, 11) is 2.23. The lowest BCUT2D eigenvalue weighted by Crippen LogP contribution is -2.21. The van der Waals surface area contributed by atoms with Crippen LogP contribution in [0.5, 0.6) is 0 Å². The van der Waals surface area contributed by atoms with E-state index in [0.29, 0.717) is 6.04 Å². The molecule has 0 bridgehead atoms. The molecule has 1 aromatic rings. The lowest BCUT2D eigenvalue weighted by atomic mass is 9.91. The zero-order valence-corrected chi connectivity index (χ0v) is 9.69. The molecule has 2 nitrogen and oxygen atoms in total. The zero-order valence-electron chi connectivity index (χ0n) is 9.69. The fraction of sp³-hybridized carbons (Fsp3) is 0.615. The van der Waals surface area contributed by atoms with Crippen LogP contribution in [0.25, 0.3) is 0 Å². The van der Waals surface area contributed by atoms with E-state index in [-0.39, 0.29) is 0 Å². The quantitative estimate of drug-likeness (QED) is 0.752. The molecule has 2 rings (SSSR count). The summed E-state index contributed by atoms with van der Waals surface area (Å²) in [6.45, 7) is 3.50. The molecular formula is C13H20N2. The topological polar surface area (TPSA) is 16.1 Å². The van der Waals surface area contributed by atoms with Gasteiger partial charge in [0.15, 0.2) is 0 Å². The van der Waals surface area contributed by atoms with Crippen LogP contribution in [0.3, 0.4) is 0 Å². The minimum absolute atomic E-state index is 0.596. The SMILES string of the molecule is CCC[C@@H]1CCN(C)[C@H]1c1cccnc1. The van der Waals surface area contributed by atoms with Crippen LogP contribution in [0.2, 0.25) is 0 Å². The summed E-state index contributed by atoms with van der Waals surface area (Å²) < 4.78 is 0. The molecule has 15 heavy (non-hydrogen) atoms. The van der Waals surface area contributed by atoms with Gasteiger partial charge in [-0.05, 0) is 44.0 Å². The summed E-state index contributed by atoms with van der Waals surface area (Å²) >= 11 is 0. The predicted molar refractivity (Wildman–Crippen MR) is 62.6 cm³/mol. The van der Waals surface area contributed by atoms with Crippen molar-refractivity contribution >= 4 is 0 Å². The van der Waals surface area contributed by atoms with Crippen LogP contribution in [0.15, 0.2) is 24.5 Å². The van der Waals surface area contributed by atoms with E-state index >= 15 is 0 Å². The molecular weight excluding hydrogens is 184 g/mol. The average Bonchev–Trinajstić information content (AvgIpc) is 2.62. The van der Waals surface area contributed by atoms with E-state index in [2.05, 4.69) is 29.9 Å². The summed E-state index contributed by atoms with van der Waals surface area (Å²) in [5.41, 5.74) is 1.39. The molecule has 0 amide bonds. The van der Waals surface area contributed by atoms with Crippen molar-refractivity contribution in [1.29, 1.82) is 0 Å². The lowest BCUT2D eigenvalue weighted by molar-refractivity contribution is 0.268. The highest BCUT2D eigenvalue weighted by molar-refractivity contribution is 5.16. The Morgan fingerprint density at radius 2 is 2.40 bits per heavy atom. The van der Waals surface area contributed by atoms with Gasteiger partial charge in [0.25, 0.3) is 0 Å². The Labute approximate surface area is 92.3 Å². The van der Waals surface area contributed by atoms with Crippen molar-refractivity contribution in [3.63, 3.8) is 0 Å². The summed E-state index contributed by atoms with van der Waals surface area (Å²) in [6.07, 6.45) is 7.84. The molecule has 0 aliphatic carbocycles. The van der Waals surface area contributed by atoms with Gasteiger partial charge in [-0.2, -0.15) is 0 Å². The second-order valence-electron chi connectivity index (χ2n) is 4.55. The number of rotatable bonds is 3. The molecule has 0 N–H and O–H groups in total. The molecule has 2 heteroatoms. The molecule has 1 aliphatic heterocycles. The highest BCUT2D eigenvalue weighted by Crippen LogP contribution is 2.38. The van der Waals surface area contributed by atoms with E-state index in [1.165, 1.54) is 31.4 Å². The van der Waals surface area contributed by atoms with Crippen LogP contribution >= 0.6 is 0 Å². The monoisotopic (exact) mass is 204 g/mol. The first-order valence-electron chi connectivity index (χ1n) is 5.93. The summed E-state index contributed by atoms with van der Waals surface area (Å²) in [4.78, 5) is 6.70. The van der Waals surface area contributed by atoms with Crippen LogP contribution in [0.1, 0.15) is 37.8 Å². The maximum Gasteiger partial charge on any atom is 0.0388 e. The van der Waals surface area contributed by atoms with Gasteiger partial charge < -0.3 is 0 Å². The Morgan fingerprint density at radius 1 is 1.53 bits per heavy atom. The Hall–Kier alpha value is -0.890. The molecule has 2 atom stereocenters. The Morgan fingerprint density at radius 3 is 3.07 bits per heavy atom. The molecule has 0 spiro atoms. The average molecular weight is 204 g/mol. The molecule has 0 unspecified atom stereocenters. The van der Waals surface area contributed by atoms with E-state index in [1.54, 1.807) is 0 Å². The minimum Gasteiger partial charge on any atom is -0.299 e. The zero-order chi connectivity index (χ0) is 10.7. The Kier molecular flexibility index (Phi) is 3.37. The van der Waals surface area contributed by atoms with Crippen LogP contribution in [0.4, 0.5) is 0 Å².